The van der Waals surface area contributed by atoms with E-state index >= 15 is 0 Å². The number of hydrogen-bond acceptors (Lipinski definition) is 3. The van der Waals surface area contributed by atoms with E-state index in [-0.39, 0.29) is 21.9 Å². The van der Waals surface area contributed by atoms with E-state index in [4.69, 9.17) is 11.6 Å². The van der Waals surface area contributed by atoms with Gasteiger partial charge in [0.1, 0.15) is 0 Å². The van der Waals surface area contributed by atoms with Crippen molar-refractivity contribution in [1.82, 2.24) is 5.32 Å². The van der Waals surface area contributed by atoms with Gasteiger partial charge in [0.15, 0.2) is 0 Å². The third kappa shape index (κ3) is 3.86. The molecule has 0 bridgehead atoms. The Kier molecular flexibility index (Phi) is 5.53. The van der Waals surface area contributed by atoms with Gasteiger partial charge >= 0.3 is 0 Å². The van der Waals surface area contributed by atoms with Crippen molar-refractivity contribution in [3.63, 3.8) is 0 Å². The Bertz CT molecular complexity index is 894. The fourth-order valence-electron chi connectivity index (χ4n) is 3.11. The molecule has 5 nitrogen and oxygen atoms in total. The lowest BCUT2D eigenvalue weighted by molar-refractivity contribution is 0.0938. The van der Waals surface area contributed by atoms with Gasteiger partial charge in [0.25, 0.3) is 15.9 Å². The molecule has 3 rings (SSSR count). The van der Waals surface area contributed by atoms with Crippen molar-refractivity contribution in [2.75, 3.05) is 11.4 Å². The van der Waals surface area contributed by atoms with Crippen molar-refractivity contribution in [3.05, 3.63) is 59.1 Å². The number of nitrogens with zero attached hydrogens (tertiary/aromatic N) is 1. The van der Waals surface area contributed by atoms with Crippen LogP contribution in [0.25, 0.3) is 0 Å². The summed E-state index contributed by atoms with van der Waals surface area (Å²) < 4.78 is 26.6. The predicted molar refractivity (Wildman–Crippen MR) is 103 cm³/mol. The molecule has 0 aromatic heterocycles. The van der Waals surface area contributed by atoms with Gasteiger partial charge in [0, 0.05) is 13.1 Å². The lowest BCUT2D eigenvalue weighted by Crippen LogP contribution is -2.32. The second-order valence-electron chi connectivity index (χ2n) is 6.40. The molecule has 1 aliphatic rings. The Labute approximate surface area is 159 Å². The predicted octanol–water partition coefficient (Wildman–Crippen LogP) is 3.84. The van der Waals surface area contributed by atoms with Gasteiger partial charge in [-0.1, -0.05) is 42.6 Å². The number of rotatable bonds is 5. The van der Waals surface area contributed by atoms with Crippen LogP contribution in [0.4, 0.5) is 5.69 Å². The zero-order chi connectivity index (χ0) is 18.7. The quantitative estimate of drug-likeness (QED) is 0.840. The number of sulfonamides is 1. The minimum atomic E-state index is -3.69. The van der Waals surface area contributed by atoms with E-state index < -0.39 is 10.0 Å². The van der Waals surface area contributed by atoms with E-state index in [1.54, 1.807) is 30.3 Å². The molecular weight excluding hydrogens is 372 g/mol. The molecule has 1 aliphatic carbocycles. The number of carbonyl (C=O) groups excluding carboxylic acids is 1. The fraction of sp³-hybridized carbons (Fsp3) is 0.316. The Morgan fingerprint density at radius 2 is 1.77 bits per heavy atom. The Morgan fingerprint density at radius 3 is 2.38 bits per heavy atom. The van der Waals surface area contributed by atoms with Crippen LogP contribution in [-0.4, -0.2) is 27.4 Å². The molecule has 2 aromatic rings. The topological polar surface area (TPSA) is 66.5 Å². The molecule has 0 saturated heterocycles. The summed E-state index contributed by atoms with van der Waals surface area (Å²) in [7, 11) is -2.22. The maximum Gasteiger partial charge on any atom is 0.264 e. The largest absolute Gasteiger partial charge is 0.349 e. The highest BCUT2D eigenvalue weighted by atomic mass is 35.5. The molecule has 0 unspecified atom stereocenters. The lowest BCUT2D eigenvalue weighted by Gasteiger charge is -2.20. The van der Waals surface area contributed by atoms with E-state index in [0.717, 1.165) is 30.0 Å². The van der Waals surface area contributed by atoms with E-state index in [0.29, 0.717) is 11.3 Å². The summed E-state index contributed by atoms with van der Waals surface area (Å²) in [4.78, 5) is 12.6. The molecule has 0 spiro atoms. The SMILES string of the molecule is CN(c1ccc(C(=O)NC2CCCC2)c(Cl)c1)S(=O)(=O)c1ccccc1. The van der Waals surface area contributed by atoms with Gasteiger partial charge in [-0.25, -0.2) is 8.42 Å². The van der Waals surface area contributed by atoms with Crippen LogP contribution in [0.2, 0.25) is 5.02 Å². The summed E-state index contributed by atoms with van der Waals surface area (Å²) in [5.41, 5.74) is 0.754. The van der Waals surface area contributed by atoms with Crippen LogP contribution in [-0.2, 0) is 10.0 Å². The number of carbonyl (C=O) groups is 1. The number of halogens is 1. The molecule has 1 amide bonds. The Hall–Kier alpha value is -2.05. The molecule has 0 radical (unpaired) electrons. The Balaban J connectivity index is 1.81. The number of hydrogen-bond donors (Lipinski definition) is 1. The zero-order valence-electron chi connectivity index (χ0n) is 14.5. The van der Waals surface area contributed by atoms with Crippen molar-refractivity contribution in [2.24, 2.45) is 0 Å². The summed E-state index contributed by atoms with van der Waals surface area (Å²) in [5.74, 6) is -0.220. The summed E-state index contributed by atoms with van der Waals surface area (Å²) in [6.07, 6.45) is 4.22. The van der Waals surface area contributed by atoms with E-state index in [9.17, 15) is 13.2 Å². The normalized spacial score (nSPS) is 15.0. The highest BCUT2D eigenvalue weighted by molar-refractivity contribution is 7.92. The lowest BCUT2D eigenvalue weighted by atomic mass is 10.1. The molecule has 2 aromatic carbocycles. The van der Waals surface area contributed by atoms with Crippen molar-refractivity contribution >= 4 is 33.2 Å². The Morgan fingerprint density at radius 1 is 1.12 bits per heavy atom. The van der Waals surface area contributed by atoms with Gasteiger partial charge in [-0.3, -0.25) is 9.10 Å². The number of anilines is 1. The highest BCUT2D eigenvalue weighted by Crippen LogP contribution is 2.27. The molecule has 0 aliphatic heterocycles. The van der Waals surface area contributed by atoms with Crippen LogP contribution >= 0.6 is 11.6 Å². The first kappa shape index (κ1) is 18.7. The maximum absolute atomic E-state index is 12.7. The summed E-state index contributed by atoms with van der Waals surface area (Å²) in [6, 6.07) is 13.0. The second kappa shape index (κ2) is 7.68. The van der Waals surface area contributed by atoms with Gasteiger partial charge in [-0.15, -0.1) is 0 Å². The van der Waals surface area contributed by atoms with Gasteiger partial charge in [-0.2, -0.15) is 0 Å². The van der Waals surface area contributed by atoms with E-state index in [1.807, 2.05) is 0 Å². The summed E-state index contributed by atoms with van der Waals surface area (Å²) >= 11 is 6.27. The fourth-order valence-corrected chi connectivity index (χ4v) is 4.58. The number of benzene rings is 2. The molecule has 0 atom stereocenters. The molecule has 26 heavy (non-hydrogen) atoms. The van der Waals surface area contributed by atoms with Crippen LogP contribution in [0.1, 0.15) is 36.0 Å². The molecule has 138 valence electrons. The van der Waals surface area contributed by atoms with Crippen LogP contribution in [0.5, 0.6) is 0 Å². The van der Waals surface area contributed by atoms with Gasteiger partial charge in [0.05, 0.1) is 21.2 Å². The smallest absolute Gasteiger partial charge is 0.264 e. The van der Waals surface area contributed by atoms with Crippen molar-refractivity contribution in [2.45, 2.75) is 36.6 Å². The zero-order valence-corrected chi connectivity index (χ0v) is 16.1. The van der Waals surface area contributed by atoms with Gasteiger partial charge < -0.3 is 5.32 Å². The summed E-state index contributed by atoms with van der Waals surface area (Å²) in [5, 5.41) is 3.22. The summed E-state index contributed by atoms with van der Waals surface area (Å²) in [6.45, 7) is 0. The molecule has 0 heterocycles. The molecule has 1 saturated carbocycles. The van der Waals surface area contributed by atoms with Crippen LogP contribution in [0, 0.1) is 0 Å². The highest BCUT2D eigenvalue weighted by Gasteiger charge is 2.23. The number of amides is 1. The molecule has 7 heteroatoms. The standard InChI is InChI=1S/C19H21ClN2O3S/c1-22(26(24,25)16-9-3-2-4-10-16)15-11-12-17(18(20)13-15)19(23)21-14-7-5-6-8-14/h2-4,9-14H,5-8H2,1H3,(H,21,23). The number of nitrogens with one attached hydrogen (secondary N) is 1. The van der Waals surface area contributed by atoms with Gasteiger partial charge in [0.2, 0.25) is 0 Å². The first-order chi connectivity index (χ1) is 12.4. The van der Waals surface area contributed by atoms with Crippen LogP contribution < -0.4 is 9.62 Å². The first-order valence-corrected chi connectivity index (χ1v) is 10.4. The first-order valence-electron chi connectivity index (χ1n) is 8.54. The average Bonchev–Trinajstić information content (AvgIpc) is 3.14. The molecule has 1 N–H and O–H groups in total. The minimum Gasteiger partial charge on any atom is -0.349 e. The molecular formula is C19H21ClN2O3S. The van der Waals surface area contributed by atoms with E-state index in [2.05, 4.69) is 5.32 Å². The maximum atomic E-state index is 12.7. The monoisotopic (exact) mass is 392 g/mol. The van der Waals surface area contributed by atoms with Crippen molar-refractivity contribution in [3.8, 4) is 0 Å². The minimum absolute atomic E-state index is 0.194. The van der Waals surface area contributed by atoms with Crippen molar-refractivity contribution < 1.29 is 13.2 Å². The van der Waals surface area contributed by atoms with Crippen molar-refractivity contribution in [1.29, 1.82) is 0 Å². The third-order valence-corrected chi connectivity index (χ3v) is 6.77. The molecule has 1 fully saturated rings. The van der Waals surface area contributed by atoms with Crippen LogP contribution in [0.3, 0.4) is 0 Å². The average molecular weight is 393 g/mol. The van der Waals surface area contributed by atoms with Crippen LogP contribution in [0.15, 0.2) is 53.4 Å². The van der Waals surface area contributed by atoms with Gasteiger partial charge in [-0.05, 0) is 43.2 Å². The van der Waals surface area contributed by atoms with E-state index in [1.165, 1.54) is 25.2 Å². The third-order valence-electron chi connectivity index (χ3n) is 4.65. The second-order valence-corrected chi connectivity index (χ2v) is 8.78.